The SMILES string of the molecule is CC(=O)N[C@@H]1[C@@H](O)[C@H](O[C@@H]2O[C@H](CO)[C@@H](O[C@@H]3O[C@H](CO)[C@@H](O)[C@H](O[C@H]4O[C@H](CO)[C@@H](O)[C@H](O)[C@@H]4O[C@@H]4O[C@H](CO)[C@@H](O[C@@H]5O[C@H](CO)[C@H](O)[C@H](O[C@]6(C(=O)O)C[C@H](O)[C@@H](N)[C@H]([C@H](O)[C@H](O)CO)O6)[C@H]5O)[C@H](O)[C@H]4NC(C)=O)[C@@H]3O)[C@H](O)[C@H]2NC(C)=O)[C@@H](CO)O[C@H]1O. The first kappa shape index (κ1) is 76.9. The van der Waals surface area contributed by atoms with E-state index in [4.69, 9.17) is 67.3 Å². The molecule has 0 unspecified atom stereocenters. The molecule has 0 aromatic rings. The Labute approximate surface area is 526 Å². The van der Waals surface area contributed by atoms with Crippen molar-refractivity contribution in [3.05, 3.63) is 0 Å². The van der Waals surface area contributed by atoms with E-state index in [1.807, 2.05) is 0 Å². The van der Waals surface area contributed by atoms with E-state index in [0.717, 1.165) is 20.8 Å². The summed E-state index contributed by atoms with van der Waals surface area (Å²) in [6.07, 6.45) is -64.8. The minimum absolute atomic E-state index is 0.735. The Morgan fingerprint density at radius 2 is 0.817 bits per heavy atom. The molecule has 42 heteroatoms. The highest BCUT2D eigenvalue weighted by atomic mass is 16.8. The Bertz CT molecular complexity index is 2420. The number of carboxylic acids is 1. The highest BCUT2D eigenvalue weighted by Crippen LogP contribution is 2.40. The van der Waals surface area contributed by atoms with Crippen molar-refractivity contribution in [2.45, 2.75) is 247 Å². The summed E-state index contributed by atoms with van der Waals surface area (Å²) >= 11 is 0. The second-order valence-electron chi connectivity index (χ2n) is 23.3. The largest absolute Gasteiger partial charge is 0.477 e. The van der Waals surface area contributed by atoms with Crippen molar-refractivity contribution in [1.82, 2.24) is 16.0 Å². The average Bonchev–Trinajstić information content (AvgIpc) is 0.776. The Morgan fingerprint density at radius 3 is 1.26 bits per heavy atom. The number of carbonyl (C=O) groups excluding carboxylic acids is 3. The summed E-state index contributed by atoms with van der Waals surface area (Å²) < 4.78 is 75.4. The van der Waals surface area contributed by atoms with Gasteiger partial charge in [0.2, 0.25) is 17.7 Å². The molecule has 42 nitrogen and oxygen atoms in total. The van der Waals surface area contributed by atoms with E-state index in [9.17, 15) is 126 Å². The van der Waals surface area contributed by atoms with Crippen LogP contribution in [0.4, 0.5) is 0 Å². The van der Waals surface area contributed by atoms with Gasteiger partial charge in [-0.1, -0.05) is 0 Å². The summed E-state index contributed by atoms with van der Waals surface area (Å²) in [6.45, 7) is -4.67. The van der Waals surface area contributed by atoms with E-state index in [2.05, 4.69) is 16.0 Å². The van der Waals surface area contributed by atoms with Crippen LogP contribution < -0.4 is 21.7 Å². The number of nitrogens with one attached hydrogen (secondary N) is 3. The molecule has 538 valence electrons. The van der Waals surface area contributed by atoms with Crippen LogP contribution in [0.25, 0.3) is 0 Å². The van der Waals surface area contributed by atoms with Crippen LogP contribution in [0.1, 0.15) is 27.2 Å². The zero-order valence-electron chi connectivity index (χ0n) is 49.8. The molecule has 0 spiro atoms. The lowest BCUT2D eigenvalue weighted by atomic mass is 9.88. The monoisotopic (exact) mass is 1360 g/mol. The third kappa shape index (κ3) is 16.6. The molecule has 0 aromatic heterocycles. The fourth-order valence-electron chi connectivity index (χ4n) is 11.9. The van der Waals surface area contributed by atoms with Crippen molar-refractivity contribution in [2.75, 3.05) is 46.2 Å². The van der Waals surface area contributed by atoms with Crippen molar-refractivity contribution < 1.29 is 188 Å². The molecule has 0 bridgehead atoms. The minimum Gasteiger partial charge on any atom is -0.477 e. The van der Waals surface area contributed by atoms with Gasteiger partial charge in [-0.3, -0.25) is 14.4 Å². The Kier molecular flexibility index (Phi) is 27.2. The third-order valence-electron chi connectivity index (χ3n) is 16.8. The van der Waals surface area contributed by atoms with E-state index >= 15 is 0 Å². The zero-order valence-corrected chi connectivity index (χ0v) is 49.8. The average molecular weight is 1360 g/mol. The molecule has 7 fully saturated rings. The number of carbonyl (C=O) groups is 4. The molecule has 7 aliphatic rings. The molecule has 3 amide bonds. The quantitative estimate of drug-likeness (QED) is 0.0404. The van der Waals surface area contributed by atoms with Gasteiger partial charge in [-0.25, -0.2) is 4.79 Å². The summed E-state index contributed by atoms with van der Waals surface area (Å²) in [7, 11) is 0. The van der Waals surface area contributed by atoms with Crippen LogP contribution >= 0.6 is 0 Å². The number of nitrogens with two attached hydrogens (primary N) is 1. The van der Waals surface area contributed by atoms with Gasteiger partial charge >= 0.3 is 5.97 Å². The first-order valence-electron chi connectivity index (χ1n) is 29.3. The normalized spacial score (nSPS) is 47.2. The highest BCUT2D eigenvalue weighted by molar-refractivity contribution is 5.76. The van der Waals surface area contributed by atoms with Crippen LogP contribution in [0.2, 0.25) is 0 Å². The topological polar surface area (TPSA) is 675 Å². The zero-order chi connectivity index (χ0) is 69.0. The van der Waals surface area contributed by atoms with Gasteiger partial charge in [0, 0.05) is 27.2 Å². The Hall–Kier alpha value is -3.48. The van der Waals surface area contributed by atoms with Gasteiger partial charge in [0.05, 0.1) is 58.4 Å². The molecule has 36 atom stereocenters. The summed E-state index contributed by atoms with van der Waals surface area (Å²) in [4.78, 5) is 50.4. The van der Waals surface area contributed by atoms with Crippen molar-refractivity contribution in [3.63, 3.8) is 0 Å². The maximum Gasteiger partial charge on any atom is 0.364 e. The molecular weight excluding hydrogens is 1280 g/mol. The molecule has 7 rings (SSSR count). The summed E-state index contributed by atoms with van der Waals surface area (Å²) in [5, 5.41) is 236. The van der Waals surface area contributed by atoms with E-state index in [0.29, 0.717) is 0 Å². The van der Waals surface area contributed by atoms with Crippen LogP contribution in [-0.4, -0.2) is 397 Å². The maximum atomic E-state index is 12.9. The van der Waals surface area contributed by atoms with E-state index in [1.165, 1.54) is 0 Å². The molecule has 93 heavy (non-hydrogen) atoms. The summed E-state index contributed by atoms with van der Waals surface area (Å²) in [5.74, 6) is -7.78. The molecule has 0 aliphatic carbocycles. The number of hydrogen-bond acceptors (Lipinski definition) is 38. The second kappa shape index (κ2) is 32.9. The number of aliphatic hydroxyl groups excluding tert-OH is 20. The van der Waals surface area contributed by atoms with E-state index in [1.54, 1.807) is 0 Å². The molecule has 0 radical (unpaired) electrons. The predicted octanol–water partition coefficient (Wildman–Crippen LogP) is -16.7. The third-order valence-corrected chi connectivity index (χ3v) is 16.8. The predicted molar refractivity (Wildman–Crippen MR) is 286 cm³/mol. The number of aliphatic hydroxyl groups is 20. The Morgan fingerprint density at radius 1 is 0.452 bits per heavy atom. The fourth-order valence-corrected chi connectivity index (χ4v) is 11.9. The van der Waals surface area contributed by atoms with Gasteiger partial charge in [-0.05, 0) is 0 Å². The number of ether oxygens (including phenoxy) is 13. The van der Waals surface area contributed by atoms with Crippen LogP contribution in [0.5, 0.6) is 0 Å². The van der Waals surface area contributed by atoms with Gasteiger partial charge in [0.15, 0.2) is 37.7 Å². The highest BCUT2D eigenvalue weighted by Gasteiger charge is 2.62. The molecule has 7 aliphatic heterocycles. The molecule has 7 saturated heterocycles. The smallest absolute Gasteiger partial charge is 0.364 e. The second-order valence-corrected chi connectivity index (χ2v) is 23.3. The standard InChI is InChI=1S/C51H86N4O38/c1-12(63)53-24-31(72)37(20(9-60)81-44(24)78)87-45-25(54-13(2)64)32(73)38(21(10-61)85-45)88-47-35(76)41(29(70)18(7-58)82-47)90-49-43(34(75)28(69)17(6-57)84-49)91-46-26(55-14(3)65)33(74)39(22(11-62)86-46)89-48-36(77)42(30(71)19(8-59)83-48)93-51(50(79)80)4-15(66)23(52)40(92-51)27(68)16(67)5-56/h15-49,56-62,66-78H,4-11,52H2,1-3H3,(H,53,63)(H,54,64)(H,55,65)(H,79,80)/t15-,16+,17+,18+,19+,20+,21+,22+,23+,24+,25+,26+,27+,28+,29+,30-,31+,32+,33+,34-,35-,36+,37+,38+,39+,40+,41-,42-,43-,44+,45-,46-,47-,48-,49+,51-/m0/s1. The van der Waals surface area contributed by atoms with Gasteiger partial charge in [0.25, 0.3) is 5.79 Å². The van der Waals surface area contributed by atoms with Crippen LogP contribution in [-0.2, 0) is 80.8 Å². The summed E-state index contributed by atoms with van der Waals surface area (Å²) in [5.41, 5.74) is 5.95. The lowest BCUT2D eigenvalue weighted by Gasteiger charge is -2.51. The van der Waals surface area contributed by atoms with E-state index in [-0.39, 0.29) is 0 Å². The van der Waals surface area contributed by atoms with Crippen LogP contribution in [0.15, 0.2) is 0 Å². The Balaban J connectivity index is 1.12. The fraction of sp³-hybridized carbons (Fsp3) is 0.922. The first-order valence-corrected chi connectivity index (χ1v) is 29.3. The van der Waals surface area contributed by atoms with E-state index < -0.39 is 297 Å². The first-order chi connectivity index (χ1) is 43.8. The molecular formula is C51H86N4O38. The number of aliphatic carboxylic acids is 1. The van der Waals surface area contributed by atoms with Crippen LogP contribution in [0, 0.1) is 0 Å². The van der Waals surface area contributed by atoms with Crippen molar-refractivity contribution in [3.8, 4) is 0 Å². The van der Waals surface area contributed by atoms with Crippen molar-refractivity contribution in [1.29, 1.82) is 0 Å². The summed E-state index contributed by atoms with van der Waals surface area (Å²) in [6, 6.07) is -6.95. The lowest BCUT2D eigenvalue weighted by Crippen LogP contribution is -2.71. The van der Waals surface area contributed by atoms with Gasteiger partial charge in [-0.15, -0.1) is 0 Å². The number of amides is 3. The van der Waals surface area contributed by atoms with Gasteiger partial charge in [-0.2, -0.15) is 0 Å². The molecule has 0 saturated carbocycles. The maximum absolute atomic E-state index is 12.9. The molecule has 26 N–H and O–H groups in total. The minimum atomic E-state index is -3.16. The lowest BCUT2D eigenvalue weighted by molar-refractivity contribution is -0.398. The van der Waals surface area contributed by atoms with Crippen molar-refractivity contribution in [2.24, 2.45) is 5.73 Å². The van der Waals surface area contributed by atoms with Crippen LogP contribution in [0.3, 0.4) is 0 Å². The number of hydrogen-bond donors (Lipinski definition) is 25. The van der Waals surface area contributed by atoms with Gasteiger partial charge in [0.1, 0.15) is 165 Å². The number of rotatable bonds is 25. The van der Waals surface area contributed by atoms with Crippen molar-refractivity contribution >= 4 is 23.7 Å². The number of carboxylic acid groups (broad SMARTS) is 1. The molecule has 0 aromatic carbocycles. The van der Waals surface area contributed by atoms with Gasteiger partial charge < -0.3 is 191 Å². The molecule has 7 heterocycles.